The van der Waals surface area contributed by atoms with Crippen LogP contribution in [-0.2, 0) is 21.2 Å². The number of carboxylic acid groups (broad SMARTS) is 1. The fourth-order valence-corrected chi connectivity index (χ4v) is 4.78. The molecule has 7 heteroatoms. The highest BCUT2D eigenvalue weighted by Crippen LogP contribution is 2.24. The maximum Gasteiger partial charge on any atom is 0.321 e. The zero-order chi connectivity index (χ0) is 20.2. The molecule has 0 amide bonds. The predicted molar refractivity (Wildman–Crippen MR) is 103 cm³/mol. The van der Waals surface area contributed by atoms with E-state index in [4.69, 9.17) is 4.74 Å². The number of benzene rings is 2. The third kappa shape index (κ3) is 4.87. The van der Waals surface area contributed by atoms with Crippen LogP contribution in [0, 0.1) is 6.92 Å². The molecule has 2 aromatic rings. The summed E-state index contributed by atoms with van der Waals surface area (Å²) in [6.07, 6.45) is 0.361. The summed E-state index contributed by atoms with van der Waals surface area (Å²) in [6.45, 7) is 4.96. The summed E-state index contributed by atoms with van der Waals surface area (Å²) in [5.41, 5.74) is 1.79. The minimum atomic E-state index is -3.98. The quantitative estimate of drug-likeness (QED) is 0.747. The lowest BCUT2D eigenvalue weighted by Crippen LogP contribution is -2.49. The molecular formula is C20H25NO5S. The Bertz CT molecular complexity index is 893. The number of methoxy groups -OCH3 is 1. The van der Waals surface area contributed by atoms with Gasteiger partial charge in [-0.1, -0.05) is 29.8 Å². The molecule has 0 fully saturated rings. The molecule has 27 heavy (non-hydrogen) atoms. The van der Waals surface area contributed by atoms with Crippen LogP contribution in [0.2, 0.25) is 0 Å². The summed E-state index contributed by atoms with van der Waals surface area (Å²) in [6, 6.07) is 11.9. The van der Waals surface area contributed by atoms with Crippen LogP contribution >= 0.6 is 0 Å². The van der Waals surface area contributed by atoms with Crippen LogP contribution in [-0.4, -0.2) is 43.0 Å². The third-order valence-electron chi connectivity index (χ3n) is 4.44. The van der Waals surface area contributed by atoms with E-state index in [0.717, 1.165) is 15.4 Å². The van der Waals surface area contributed by atoms with E-state index in [9.17, 15) is 18.3 Å². The average molecular weight is 391 g/mol. The minimum Gasteiger partial charge on any atom is -0.497 e. The van der Waals surface area contributed by atoms with Crippen molar-refractivity contribution in [3.63, 3.8) is 0 Å². The number of aryl methyl sites for hydroxylation is 1. The van der Waals surface area contributed by atoms with Crippen LogP contribution in [0.4, 0.5) is 0 Å². The van der Waals surface area contributed by atoms with Gasteiger partial charge in [0, 0.05) is 6.04 Å². The van der Waals surface area contributed by atoms with Crippen molar-refractivity contribution in [1.82, 2.24) is 4.31 Å². The lowest BCUT2D eigenvalue weighted by Gasteiger charge is -2.31. The number of hydrogen-bond acceptors (Lipinski definition) is 4. The van der Waals surface area contributed by atoms with E-state index < -0.39 is 28.1 Å². The Labute approximate surface area is 160 Å². The second kappa shape index (κ2) is 8.54. The molecule has 0 bridgehead atoms. The third-order valence-corrected chi connectivity index (χ3v) is 6.53. The standard InChI is InChI=1S/C20H25NO5S/c1-14-8-10-19(11-9-14)27(24,25)21(16(3)20(22)23)15(2)12-17-6-5-7-18(13-17)26-4/h5-11,13,15-16H,12H2,1-4H3,(H,22,23). The van der Waals surface area contributed by atoms with Crippen molar-refractivity contribution in [2.24, 2.45) is 0 Å². The first kappa shape index (κ1) is 20.9. The molecule has 0 aromatic heterocycles. The molecule has 0 aliphatic carbocycles. The zero-order valence-corrected chi connectivity index (χ0v) is 16.7. The molecule has 2 atom stereocenters. The van der Waals surface area contributed by atoms with E-state index in [2.05, 4.69) is 0 Å². The highest BCUT2D eigenvalue weighted by molar-refractivity contribution is 7.89. The van der Waals surface area contributed by atoms with Crippen LogP contribution < -0.4 is 4.74 Å². The second-order valence-electron chi connectivity index (χ2n) is 6.57. The lowest BCUT2D eigenvalue weighted by molar-refractivity contribution is -0.141. The number of aliphatic carboxylic acids is 1. The fraction of sp³-hybridized carbons (Fsp3) is 0.350. The fourth-order valence-electron chi connectivity index (χ4n) is 3.00. The Hall–Kier alpha value is -2.38. The van der Waals surface area contributed by atoms with Gasteiger partial charge in [-0.05, 0) is 57.0 Å². The van der Waals surface area contributed by atoms with E-state index in [1.165, 1.54) is 19.1 Å². The molecule has 1 N–H and O–H groups in total. The molecule has 2 aromatic carbocycles. The molecule has 6 nitrogen and oxygen atoms in total. The van der Waals surface area contributed by atoms with Crippen molar-refractivity contribution in [1.29, 1.82) is 0 Å². The van der Waals surface area contributed by atoms with E-state index in [1.54, 1.807) is 32.2 Å². The summed E-state index contributed by atoms with van der Waals surface area (Å²) in [7, 11) is -2.42. The second-order valence-corrected chi connectivity index (χ2v) is 8.41. The lowest BCUT2D eigenvalue weighted by atomic mass is 10.1. The van der Waals surface area contributed by atoms with Crippen LogP contribution in [0.3, 0.4) is 0 Å². The highest BCUT2D eigenvalue weighted by Gasteiger charge is 2.36. The van der Waals surface area contributed by atoms with E-state index >= 15 is 0 Å². The normalized spacial score (nSPS) is 14.0. The van der Waals surface area contributed by atoms with Crippen LogP contribution in [0.25, 0.3) is 0 Å². The van der Waals surface area contributed by atoms with Gasteiger partial charge in [0.25, 0.3) is 0 Å². The molecule has 0 radical (unpaired) electrons. The van der Waals surface area contributed by atoms with Gasteiger partial charge in [0.05, 0.1) is 12.0 Å². The van der Waals surface area contributed by atoms with Crippen molar-refractivity contribution in [3.05, 3.63) is 59.7 Å². The topological polar surface area (TPSA) is 83.9 Å². The smallest absolute Gasteiger partial charge is 0.321 e. The Balaban J connectivity index is 2.41. The van der Waals surface area contributed by atoms with E-state index in [-0.39, 0.29) is 4.90 Å². The molecule has 2 unspecified atom stereocenters. The van der Waals surface area contributed by atoms with Crippen molar-refractivity contribution in [2.45, 2.75) is 44.2 Å². The SMILES string of the molecule is COc1cccc(CC(C)N(C(C)C(=O)O)S(=O)(=O)c2ccc(C)cc2)c1. The van der Waals surface area contributed by atoms with Gasteiger partial charge in [-0.15, -0.1) is 0 Å². The molecular weight excluding hydrogens is 366 g/mol. The van der Waals surface area contributed by atoms with Crippen molar-refractivity contribution in [2.75, 3.05) is 7.11 Å². The number of nitrogens with zero attached hydrogens (tertiary/aromatic N) is 1. The van der Waals surface area contributed by atoms with Crippen LogP contribution in [0.15, 0.2) is 53.4 Å². The molecule has 0 aliphatic heterocycles. The highest BCUT2D eigenvalue weighted by atomic mass is 32.2. The molecule has 0 saturated heterocycles. The van der Waals surface area contributed by atoms with Gasteiger partial charge in [-0.2, -0.15) is 4.31 Å². The largest absolute Gasteiger partial charge is 0.497 e. The van der Waals surface area contributed by atoms with Crippen LogP contribution in [0.1, 0.15) is 25.0 Å². The van der Waals surface area contributed by atoms with Gasteiger partial charge in [0.2, 0.25) is 10.0 Å². The van der Waals surface area contributed by atoms with E-state index in [1.807, 2.05) is 25.1 Å². The summed E-state index contributed by atoms with van der Waals surface area (Å²) in [5, 5.41) is 9.48. The van der Waals surface area contributed by atoms with Gasteiger partial charge >= 0.3 is 5.97 Å². The minimum absolute atomic E-state index is 0.0821. The number of carboxylic acids is 1. The number of carbonyl (C=O) groups is 1. The molecule has 0 heterocycles. The summed E-state index contributed by atoms with van der Waals surface area (Å²) in [4.78, 5) is 11.7. The molecule has 146 valence electrons. The number of ether oxygens (including phenoxy) is 1. The molecule has 0 saturated carbocycles. The Morgan fingerprint density at radius 3 is 2.33 bits per heavy atom. The number of sulfonamides is 1. The Morgan fingerprint density at radius 2 is 1.78 bits per heavy atom. The average Bonchev–Trinajstić information content (AvgIpc) is 2.62. The van der Waals surface area contributed by atoms with Gasteiger partial charge < -0.3 is 9.84 Å². The van der Waals surface area contributed by atoms with Crippen molar-refractivity contribution >= 4 is 16.0 Å². The number of hydrogen-bond donors (Lipinski definition) is 1. The first-order valence-corrected chi connectivity index (χ1v) is 10.1. The van der Waals surface area contributed by atoms with Crippen LogP contribution in [0.5, 0.6) is 5.75 Å². The van der Waals surface area contributed by atoms with Crippen molar-refractivity contribution < 1.29 is 23.1 Å². The van der Waals surface area contributed by atoms with Crippen molar-refractivity contribution in [3.8, 4) is 5.75 Å². The van der Waals surface area contributed by atoms with Gasteiger partial charge in [-0.3, -0.25) is 4.79 Å². The van der Waals surface area contributed by atoms with Gasteiger partial charge in [0.1, 0.15) is 11.8 Å². The Kier molecular flexibility index (Phi) is 6.62. The maximum absolute atomic E-state index is 13.2. The zero-order valence-electron chi connectivity index (χ0n) is 15.9. The monoisotopic (exact) mass is 391 g/mol. The molecule has 2 rings (SSSR count). The summed E-state index contributed by atoms with van der Waals surface area (Å²) >= 11 is 0. The number of rotatable bonds is 8. The first-order valence-electron chi connectivity index (χ1n) is 8.62. The predicted octanol–water partition coefficient (Wildman–Crippen LogP) is 3.10. The maximum atomic E-state index is 13.2. The van der Waals surface area contributed by atoms with Gasteiger partial charge in [-0.25, -0.2) is 8.42 Å². The van der Waals surface area contributed by atoms with Gasteiger partial charge in [0.15, 0.2) is 0 Å². The summed E-state index contributed by atoms with van der Waals surface area (Å²) in [5.74, 6) is -0.526. The summed E-state index contributed by atoms with van der Waals surface area (Å²) < 4.78 is 32.6. The molecule has 0 aliphatic rings. The first-order chi connectivity index (χ1) is 12.7. The van der Waals surface area contributed by atoms with E-state index in [0.29, 0.717) is 12.2 Å². The molecule has 0 spiro atoms. The Morgan fingerprint density at radius 1 is 1.15 bits per heavy atom.